The van der Waals surface area contributed by atoms with E-state index in [1.807, 2.05) is 30.3 Å². The average molecular weight is 423 g/mol. The number of nitrogens with one attached hydrogen (secondary N) is 3. The van der Waals surface area contributed by atoms with Gasteiger partial charge in [-0.05, 0) is 24.1 Å². The molecule has 0 spiro atoms. The second kappa shape index (κ2) is 10.3. The van der Waals surface area contributed by atoms with Crippen molar-refractivity contribution in [1.82, 2.24) is 15.3 Å². The molecular formula is C21H21N5O3S. The first kappa shape index (κ1) is 21.1. The highest BCUT2D eigenvalue weighted by Gasteiger charge is 2.14. The lowest BCUT2D eigenvalue weighted by Crippen LogP contribution is -2.27. The highest BCUT2D eigenvalue weighted by molar-refractivity contribution is 7.99. The van der Waals surface area contributed by atoms with Gasteiger partial charge in [0.1, 0.15) is 5.69 Å². The Morgan fingerprint density at radius 1 is 1.03 bits per heavy atom. The van der Waals surface area contributed by atoms with E-state index in [1.54, 1.807) is 30.3 Å². The van der Waals surface area contributed by atoms with Gasteiger partial charge >= 0.3 is 0 Å². The molecule has 9 heteroatoms. The van der Waals surface area contributed by atoms with Crippen molar-refractivity contribution >= 4 is 35.1 Å². The Hall–Kier alpha value is -3.59. The summed E-state index contributed by atoms with van der Waals surface area (Å²) in [6.45, 7) is 0.514. The maximum atomic E-state index is 12.3. The highest BCUT2D eigenvalue weighted by atomic mass is 32.2. The van der Waals surface area contributed by atoms with Crippen molar-refractivity contribution in [2.75, 3.05) is 23.3 Å². The molecule has 0 aliphatic rings. The number of rotatable bonds is 8. The van der Waals surface area contributed by atoms with Crippen molar-refractivity contribution in [1.29, 1.82) is 0 Å². The molecule has 2 aromatic carbocycles. The van der Waals surface area contributed by atoms with Gasteiger partial charge in [0, 0.05) is 12.1 Å². The third-order valence-corrected chi connectivity index (χ3v) is 4.99. The molecule has 8 nitrogen and oxygen atoms in total. The quantitative estimate of drug-likeness (QED) is 0.324. The van der Waals surface area contributed by atoms with Crippen LogP contribution in [0.5, 0.6) is 0 Å². The molecule has 0 aliphatic heterocycles. The number of H-pyrrole nitrogens is 1. The molecule has 0 unspecified atom stereocenters. The van der Waals surface area contributed by atoms with Crippen LogP contribution in [-0.2, 0) is 11.2 Å². The van der Waals surface area contributed by atoms with E-state index in [4.69, 9.17) is 5.73 Å². The molecule has 30 heavy (non-hydrogen) atoms. The number of carbonyl (C=O) groups excluding carboxylic acids is 2. The van der Waals surface area contributed by atoms with Crippen LogP contribution in [0, 0.1) is 0 Å². The van der Waals surface area contributed by atoms with Crippen LogP contribution in [-0.4, -0.2) is 34.1 Å². The van der Waals surface area contributed by atoms with Crippen molar-refractivity contribution in [2.45, 2.75) is 11.6 Å². The molecule has 0 fully saturated rings. The number of hydrogen-bond donors (Lipinski definition) is 4. The molecule has 2 amide bonds. The van der Waals surface area contributed by atoms with Crippen LogP contribution in [0.3, 0.4) is 0 Å². The molecule has 3 rings (SSSR count). The monoisotopic (exact) mass is 423 g/mol. The third kappa shape index (κ3) is 5.95. The van der Waals surface area contributed by atoms with Crippen LogP contribution < -0.4 is 21.9 Å². The zero-order valence-corrected chi connectivity index (χ0v) is 16.9. The van der Waals surface area contributed by atoms with Gasteiger partial charge in [-0.25, -0.2) is 4.98 Å². The summed E-state index contributed by atoms with van der Waals surface area (Å²) in [4.78, 5) is 43.1. The zero-order chi connectivity index (χ0) is 21.3. The number of thioether (sulfide) groups is 1. The number of hydrogen-bond acceptors (Lipinski definition) is 6. The minimum Gasteiger partial charge on any atom is -0.382 e. The second-order valence-corrected chi connectivity index (χ2v) is 7.29. The highest BCUT2D eigenvalue weighted by Crippen LogP contribution is 2.17. The second-order valence-electron chi connectivity index (χ2n) is 6.33. The molecule has 0 saturated heterocycles. The zero-order valence-electron chi connectivity index (χ0n) is 16.1. The summed E-state index contributed by atoms with van der Waals surface area (Å²) in [6, 6.07) is 18.3. The first-order valence-corrected chi connectivity index (χ1v) is 10.2. The number of benzene rings is 2. The van der Waals surface area contributed by atoms with E-state index in [0.717, 1.165) is 23.7 Å². The number of amides is 2. The van der Waals surface area contributed by atoms with Crippen molar-refractivity contribution in [3.8, 4) is 0 Å². The number of anilines is 2. The lowest BCUT2D eigenvalue weighted by molar-refractivity contribution is -0.118. The number of aromatic nitrogens is 2. The molecule has 0 radical (unpaired) electrons. The predicted molar refractivity (Wildman–Crippen MR) is 118 cm³/mol. The van der Waals surface area contributed by atoms with E-state index in [1.165, 1.54) is 0 Å². The third-order valence-electron chi connectivity index (χ3n) is 4.12. The minimum atomic E-state index is -0.584. The van der Waals surface area contributed by atoms with Crippen LogP contribution in [0.1, 0.15) is 15.9 Å². The first-order valence-electron chi connectivity index (χ1n) is 9.22. The van der Waals surface area contributed by atoms with E-state index in [2.05, 4.69) is 20.6 Å². The Morgan fingerprint density at radius 2 is 1.70 bits per heavy atom. The van der Waals surface area contributed by atoms with E-state index in [9.17, 15) is 14.4 Å². The summed E-state index contributed by atoms with van der Waals surface area (Å²) in [5.41, 5.74) is 6.66. The van der Waals surface area contributed by atoms with Gasteiger partial charge in [0.15, 0.2) is 11.0 Å². The van der Waals surface area contributed by atoms with E-state index in [-0.39, 0.29) is 28.3 Å². The van der Waals surface area contributed by atoms with Crippen LogP contribution >= 0.6 is 11.8 Å². The summed E-state index contributed by atoms with van der Waals surface area (Å²) < 4.78 is 0. The Bertz CT molecular complexity index is 1070. The van der Waals surface area contributed by atoms with Crippen molar-refractivity contribution in [2.24, 2.45) is 0 Å². The molecule has 0 saturated carbocycles. The van der Waals surface area contributed by atoms with Gasteiger partial charge in [-0.1, -0.05) is 60.3 Å². The largest absolute Gasteiger partial charge is 0.382 e. The van der Waals surface area contributed by atoms with Crippen LogP contribution in [0.25, 0.3) is 0 Å². The smallest absolute Gasteiger partial charge is 0.277 e. The number of nitrogens with two attached hydrogens (primary N) is 1. The van der Waals surface area contributed by atoms with Gasteiger partial charge in [0.05, 0.1) is 5.75 Å². The standard InChI is InChI=1S/C21H21N5O3S/c22-18-17(24-19(28)15-9-5-2-6-10-15)20(29)26-21(25-18)30-13-16(27)23-12-11-14-7-3-1-4-8-14/h1-10H,11-13H2,(H,23,27)(H,24,28)(H3,22,25,26,29). The maximum Gasteiger partial charge on any atom is 0.277 e. The van der Waals surface area contributed by atoms with Crippen LogP contribution in [0.2, 0.25) is 0 Å². The fraction of sp³-hybridized carbons (Fsp3) is 0.143. The molecule has 0 bridgehead atoms. The summed E-state index contributed by atoms with van der Waals surface area (Å²) in [5.74, 6) is -0.686. The summed E-state index contributed by atoms with van der Waals surface area (Å²) in [6.07, 6.45) is 0.731. The Morgan fingerprint density at radius 3 is 2.37 bits per heavy atom. The van der Waals surface area contributed by atoms with Gasteiger partial charge in [0.2, 0.25) is 5.91 Å². The molecule has 3 aromatic rings. The van der Waals surface area contributed by atoms with Gasteiger partial charge in [-0.3, -0.25) is 19.4 Å². The molecular weight excluding hydrogens is 402 g/mol. The summed E-state index contributed by atoms with van der Waals surface area (Å²) in [7, 11) is 0. The van der Waals surface area contributed by atoms with E-state index >= 15 is 0 Å². The fourth-order valence-electron chi connectivity index (χ4n) is 2.61. The predicted octanol–water partition coefficient (Wildman–Crippen LogP) is 2.06. The SMILES string of the molecule is Nc1nc(SCC(=O)NCCc2ccccc2)[nH]c(=O)c1NC(=O)c1ccccc1. The number of nitrogens with zero attached hydrogens (tertiary/aromatic N) is 1. The van der Waals surface area contributed by atoms with E-state index < -0.39 is 11.5 Å². The molecule has 154 valence electrons. The number of aromatic amines is 1. The van der Waals surface area contributed by atoms with Gasteiger partial charge in [-0.2, -0.15) is 0 Å². The normalized spacial score (nSPS) is 10.4. The van der Waals surface area contributed by atoms with Gasteiger partial charge in [0.25, 0.3) is 11.5 Å². The van der Waals surface area contributed by atoms with Crippen molar-refractivity contribution < 1.29 is 9.59 Å². The Balaban J connectivity index is 1.52. The lowest BCUT2D eigenvalue weighted by Gasteiger charge is -2.09. The van der Waals surface area contributed by atoms with Crippen LogP contribution in [0.15, 0.2) is 70.6 Å². The molecule has 0 atom stereocenters. The molecule has 5 N–H and O–H groups in total. The van der Waals surface area contributed by atoms with Gasteiger partial charge in [-0.15, -0.1) is 0 Å². The molecule has 0 aliphatic carbocycles. The number of carbonyl (C=O) groups is 2. The topological polar surface area (TPSA) is 130 Å². The lowest BCUT2D eigenvalue weighted by atomic mass is 10.1. The fourth-order valence-corrected chi connectivity index (χ4v) is 3.31. The Labute approximate surface area is 177 Å². The van der Waals surface area contributed by atoms with Gasteiger partial charge < -0.3 is 16.4 Å². The first-order chi connectivity index (χ1) is 14.5. The molecule has 1 heterocycles. The summed E-state index contributed by atoms with van der Waals surface area (Å²) >= 11 is 1.06. The summed E-state index contributed by atoms with van der Waals surface area (Å²) in [5, 5.41) is 5.49. The molecule has 1 aromatic heterocycles. The van der Waals surface area contributed by atoms with Crippen LogP contribution in [0.4, 0.5) is 11.5 Å². The maximum absolute atomic E-state index is 12.3. The number of nitrogen functional groups attached to an aromatic ring is 1. The van der Waals surface area contributed by atoms with Crippen molar-refractivity contribution in [3.63, 3.8) is 0 Å². The average Bonchev–Trinajstić information content (AvgIpc) is 2.76. The van der Waals surface area contributed by atoms with E-state index in [0.29, 0.717) is 12.1 Å². The Kier molecular flexibility index (Phi) is 7.23. The van der Waals surface area contributed by atoms with Crippen molar-refractivity contribution in [3.05, 3.63) is 82.1 Å². The minimum absolute atomic E-state index is 0.0763.